The Morgan fingerprint density at radius 3 is 2.30 bits per heavy atom. The van der Waals surface area contributed by atoms with Gasteiger partial charge in [0.25, 0.3) is 5.91 Å². The highest BCUT2D eigenvalue weighted by molar-refractivity contribution is 7.89. The Morgan fingerprint density at radius 1 is 1.05 bits per heavy atom. The minimum absolute atomic E-state index is 0.00360. The van der Waals surface area contributed by atoms with E-state index in [0.29, 0.717) is 31.2 Å². The molecule has 0 spiro atoms. The topological polar surface area (TPSA) is 126 Å². The summed E-state index contributed by atoms with van der Waals surface area (Å²) in [5.41, 5.74) is 0.199. The number of pyridine rings is 1. The van der Waals surface area contributed by atoms with Crippen LogP contribution in [-0.2, 0) is 19.6 Å². The molecule has 2 aliphatic rings. The number of likely N-dealkylation sites (tertiary alicyclic amines) is 2. The van der Waals surface area contributed by atoms with Crippen LogP contribution >= 0.6 is 11.6 Å². The van der Waals surface area contributed by atoms with Gasteiger partial charge in [0.2, 0.25) is 15.9 Å². The molecule has 1 aromatic heterocycles. The molecule has 0 saturated carbocycles. The number of esters is 1. The van der Waals surface area contributed by atoms with Gasteiger partial charge < -0.3 is 14.5 Å². The van der Waals surface area contributed by atoms with E-state index < -0.39 is 16.0 Å². The van der Waals surface area contributed by atoms with Gasteiger partial charge in [-0.2, -0.15) is 0 Å². The number of sulfonamides is 1. The van der Waals surface area contributed by atoms with E-state index in [1.165, 1.54) is 30.5 Å². The molecule has 12 heteroatoms. The second kappa shape index (κ2) is 11.2. The Kier molecular flexibility index (Phi) is 8.15. The zero-order valence-corrected chi connectivity index (χ0v) is 22.2. The van der Waals surface area contributed by atoms with Crippen LogP contribution in [0.4, 0.5) is 0 Å². The minimum atomic E-state index is -3.73. The summed E-state index contributed by atoms with van der Waals surface area (Å²) in [7, 11) is -3.73. The first kappa shape index (κ1) is 27.0. The molecule has 2 amide bonds. The van der Waals surface area contributed by atoms with E-state index in [9.17, 15) is 22.8 Å². The number of hydrogen-bond acceptors (Lipinski definition) is 7. The molecule has 10 nitrogen and oxygen atoms in total. The van der Waals surface area contributed by atoms with Crippen molar-refractivity contribution in [3.8, 4) is 0 Å². The van der Waals surface area contributed by atoms with Crippen molar-refractivity contribution in [2.24, 2.45) is 11.8 Å². The van der Waals surface area contributed by atoms with Crippen LogP contribution in [0.3, 0.4) is 0 Å². The fourth-order valence-electron chi connectivity index (χ4n) is 4.69. The number of benzene rings is 1. The third-order valence-electron chi connectivity index (χ3n) is 6.46. The Hall–Kier alpha value is -3.02. The molecule has 0 bridgehead atoms. The summed E-state index contributed by atoms with van der Waals surface area (Å²) in [5.74, 6) is -0.839. The fourth-order valence-corrected chi connectivity index (χ4v) is 5.85. The van der Waals surface area contributed by atoms with Crippen LogP contribution in [0.5, 0.6) is 0 Å². The molecule has 3 heterocycles. The molecule has 2 unspecified atom stereocenters. The monoisotopic (exact) mass is 548 g/mol. The molecule has 1 aromatic carbocycles. The van der Waals surface area contributed by atoms with E-state index in [0.717, 1.165) is 0 Å². The number of nitrogens with zero attached hydrogens (tertiary/aromatic N) is 3. The van der Waals surface area contributed by atoms with Gasteiger partial charge in [-0.1, -0.05) is 11.6 Å². The summed E-state index contributed by atoms with van der Waals surface area (Å²) in [6, 6.07) is 8.97. The summed E-state index contributed by atoms with van der Waals surface area (Å²) in [5, 5.41) is 0.434. The maximum absolute atomic E-state index is 13.2. The fraction of sp³-hybridized carbons (Fsp3) is 0.440. The quantitative estimate of drug-likeness (QED) is 0.501. The van der Waals surface area contributed by atoms with E-state index in [-0.39, 0.29) is 58.9 Å². The molecule has 2 fully saturated rings. The second-order valence-corrected chi connectivity index (χ2v) is 11.7. The molecule has 2 aliphatic heterocycles. The maximum Gasteiger partial charge on any atom is 0.358 e. The number of halogens is 1. The SMILES string of the molecule is CC(C)OC(=O)c1ncccc1C(=O)N1CC2CN(C(=O)CCNS(=O)(=O)c3ccc(Cl)cc3)CC2C1. The lowest BCUT2D eigenvalue weighted by atomic mass is 10.0. The van der Waals surface area contributed by atoms with Crippen LogP contribution in [0.1, 0.15) is 41.1 Å². The maximum atomic E-state index is 13.2. The number of carbonyl (C=O) groups excluding carboxylic acids is 3. The van der Waals surface area contributed by atoms with Gasteiger partial charge in [-0.25, -0.2) is 22.9 Å². The first-order valence-electron chi connectivity index (χ1n) is 12.0. The van der Waals surface area contributed by atoms with E-state index in [1.807, 2.05) is 0 Å². The number of nitrogens with one attached hydrogen (secondary N) is 1. The largest absolute Gasteiger partial charge is 0.458 e. The Morgan fingerprint density at radius 2 is 1.68 bits per heavy atom. The number of rotatable bonds is 8. The van der Waals surface area contributed by atoms with E-state index >= 15 is 0 Å². The predicted octanol–water partition coefficient (Wildman–Crippen LogP) is 2.20. The highest BCUT2D eigenvalue weighted by Crippen LogP contribution is 2.32. The lowest BCUT2D eigenvalue weighted by Gasteiger charge is -2.22. The standard InChI is InChI=1S/C25H29ClN4O6S/c1-16(2)36-25(33)23-21(4-3-10-27-23)24(32)30-14-17-12-29(13-18(17)15-30)22(31)9-11-28-37(34,35)20-7-5-19(26)6-8-20/h3-8,10,16-18,28H,9,11-15H2,1-2H3. The van der Waals surface area contributed by atoms with Crippen molar-refractivity contribution < 1.29 is 27.5 Å². The summed E-state index contributed by atoms with van der Waals surface area (Å²) in [6.45, 7) is 5.35. The molecule has 2 atom stereocenters. The minimum Gasteiger partial charge on any atom is -0.458 e. The number of fused-ring (bicyclic) bond motifs is 1. The zero-order chi connectivity index (χ0) is 26.7. The van der Waals surface area contributed by atoms with Gasteiger partial charge in [-0.15, -0.1) is 0 Å². The van der Waals surface area contributed by atoms with Gasteiger partial charge in [0.15, 0.2) is 5.69 Å². The van der Waals surface area contributed by atoms with Gasteiger partial charge in [0.1, 0.15) is 0 Å². The van der Waals surface area contributed by atoms with Crippen molar-refractivity contribution >= 4 is 39.4 Å². The normalized spacial score (nSPS) is 19.2. The zero-order valence-electron chi connectivity index (χ0n) is 20.6. The lowest BCUT2D eigenvalue weighted by molar-refractivity contribution is -0.130. The Labute approximate surface area is 221 Å². The average Bonchev–Trinajstić information content (AvgIpc) is 3.43. The smallest absolute Gasteiger partial charge is 0.358 e. The van der Waals surface area contributed by atoms with E-state index in [4.69, 9.17) is 16.3 Å². The number of hydrogen-bond donors (Lipinski definition) is 1. The first-order chi connectivity index (χ1) is 17.5. The van der Waals surface area contributed by atoms with Crippen molar-refractivity contribution in [1.29, 1.82) is 0 Å². The van der Waals surface area contributed by atoms with E-state index in [1.54, 1.807) is 35.8 Å². The van der Waals surface area contributed by atoms with E-state index in [2.05, 4.69) is 9.71 Å². The highest BCUT2D eigenvalue weighted by atomic mass is 35.5. The Bertz CT molecular complexity index is 1270. The summed E-state index contributed by atoms with van der Waals surface area (Å²) in [6.07, 6.45) is 1.15. The van der Waals surface area contributed by atoms with Crippen LogP contribution < -0.4 is 4.72 Å². The van der Waals surface area contributed by atoms with Crippen LogP contribution in [0, 0.1) is 11.8 Å². The number of ether oxygens (including phenoxy) is 1. The van der Waals surface area contributed by atoms with Crippen molar-refractivity contribution in [3.63, 3.8) is 0 Å². The second-order valence-electron chi connectivity index (χ2n) is 9.48. The van der Waals surface area contributed by atoms with Gasteiger partial charge in [0, 0.05) is 62.2 Å². The molecule has 0 aliphatic carbocycles. The molecular weight excluding hydrogens is 520 g/mol. The van der Waals surface area contributed by atoms with Crippen molar-refractivity contribution in [2.75, 3.05) is 32.7 Å². The molecule has 198 valence electrons. The third-order valence-corrected chi connectivity index (χ3v) is 8.18. The molecule has 4 rings (SSSR count). The third kappa shape index (κ3) is 6.28. The predicted molar refractivity (Wildman–Crippen MR) is 136 cm³/mol. The number of carbonyl (C=O) groups is 3. The molecule has 1 N–H and O–H groups in total. The van der Waals surface area contributed by atoms with Gasteiger partial charge in [-0.05, 0) is 50.2 Å². The lowest BCUT2D eigenvalue weighted by Crippen LogP contribution is -2.37. The molecular formula is C25H29ClN4O6S. The highest BCUT2D eigenvalue weighted by Gasteiger charge is 2.43. The van der Waals surface area contributed by atoms with Crippen LogP contribution in [0.2, 0.25) is 5.02 Å². The van der Waals surface area contributed by atoms with Crippen molar-refractivity contribution in [2.45, 2.75) is 31.3 Å². The van der Waals surface area contributed by atoms with Crippen molar-refractivity contribution in [1.82, 2.24) is 19.5 Å². The molecule has 2 saturated heterocycles. The van der Waals surface area contributed by atoms with Crippen molar-refractivity contribution in [3.05, 3.63) is 58.9 Å². The summed E-state index contributed by atoms with van der Waals surface area (Å²) < 4.78 is 32.5. The van der Waals surface area contributed by atoms with Crippen LogP contribution in [0.25, 0.3) is 0 Å². The van der Waals surface area contributed by atoms with Gasteiger partial charge >= 0.3 is 5.97 Å². The average molecular weight is 549 g/mol. The molecule has 37 heavy (non-hydrogen) atoms. The molecule has 0 radical (unpaired) electrons. The number of amides is 2. The van der Waals surface area contributed by atoms with Gasteiger partial charge in [-0.3, -0.25) is 9.59 Å². The van der Waals surface area contributed by atoms with Crippen LogP contribution in [-0.4, -0.2) is 79.8 Å². The van der Waals surface area contributed by atoms with Gasteiger partial charge in [0.05, 0.1) is 16.6 Å². The molecule has 2 aromatic rings. The number of aromatic nitrogens is 1. The summed E-state index contributed by atoms with van der Waals surface area (Å²) >= 11 is 5.81. The van der Waals surface area contributed by atoms with Crippen LogP contribution in [0.15, 0.2) is 47.5 Å². The first-order valence-corrected chi connectivity index (χ1v) is 13.9. The summed E-state index contributed by atoms with van der Waals surface area (Å²) in [4.78, 5) is 45.9. The Balaban J connectivity index is 1.29.